The van der Waals surface area contributed by atoms with Gasteiger partial charge in [-0.3, -0.25) is 0 Å². The zero-order chi connectivity index (χ0) is 20.6. The highest BCUT2D eigenvalue weighted by Crippen LogP contribution is 2.35. The molecule has 3 N–H and O–H groups in total. The van der Waals surface area contributed by atoms with Crippen LogP contribution in [0.4, 0.5) is 4.79 Å². The average molecular weight is 416 g/mol. The Bertz CT molecular complexity index is 1150. The third-order valence-corrected chi connectivity index (χ3v) is 7.30. The van der Waals surface area contributed by atoms with Crippen LogP contribution in [0.2, 0.25) is 0 Å². The summed E-state index contributed by atoms with van der Waals surface area (Å²) in [5.41, 5.74) is 3.23. The number of aromatic amines is 1. The first kappa shape index (κ1) is 19.6. The fourth-order valence-electron chi connectivity index (χ4n) is 4.43. The molecule has 154 valence electrons. The third-order valence-electron chi connectivity index (χ3n) is 5.86. The number of sulfonamides is 1. The molecule has 1 fully saturated rings. The van der Waals surface area contributed by atoms with Crippen LogP contribution in [0.3, 0.4) is 0 Å². The van der Waals surface area contributed by atoms with E-state index in [2.05, 4.69) is 4.98 Å². The Balaban J connectivity index is 1.86. The van der Waals surface area contributed by atoms with E-state index in [4.69, 9.17) is 5.11 Å². The quantitative estimate of drug-likeness (QED) is 0.571. The highest BCUT2D eigenvalue weighted by molar-refractivity contribution is 7.90. The topological polar surface area (TPSA) is 104 Å². The molecule has 0 radical (unpaired) electrons. The molecule has 0 spiro atoms. The first-order chi connectivity index (χ1) is 13.9. The van der Waals surface area contributed by atoms with E-state index in [1.807, 2.05) is 35.0 Å². The first-order valence-corrected chi connectivity index (χ1v) is 11.4. The molecule has 2 aromatic heterocycles. The lowest BCUT2D eigenvalue weighted by atomic mass is 9.89. The van der Waals surface area contributed by atoms with Gasteiger partial charge in [-0.1, -0.05) is 37.5 Å². The summed E-state index contributed by atoms with van der Waals surface area (Å²) in [6.07, 6.45) is 6.19. The lowest BCUT2D eigenvalue weighted by molar-refractivity contribution is 0.201. The Kier molecular flexibility index (Phi) is 5.12. The summed E-state index contributed by atoms with van der Waals surface area (Å²) in [7, 11) is -4.16. The number of nitrogens with zero attached hydrogens (tertiary/aromatic N) is 1. The van der Waals surface area contributed by atoms with Crippen LogP contribution in [-0.4, -0.2) is 29.2 Å². The maximum atomic E-state index is 12.6. The number of para-hydroxylation sites is 1. The Morgan fingerprint density at radius 1 is 1.24 bits per heavy atom. The first-order valence-electron chi connectivity index (χ1n) is 9.89. The van der Waals surface area contributed by atoms with Gasteiger partial charge in [-0.2, -0.15) is 0 Å². The van der Waals surface area contributed by atoms with E-state index in [0.29, 0.717) is 11.6 Å². The number of hydrogen-bond donors (Lipinski definition) is 3. The number of rotatable bonds is 5. The normalized spacial score (nSPS) is 15.6. The Morgan fingerprint density at radius 3 is 2.69 bits per heavy atom. The van der Waals surface area contributed by atoms with Crippen molar-refractivity contribution in [3.05, 3.63) is 42.2 Å². The van der Waals surface area contributed by atoms with Gasteiger partial charge in [0.05, 0.1) is 5.69 Å². The predicted molar refractivity (Wildman–Crippen MR) is 111 cm³/mol. The molecule has 2 heterocycles. The minimum Gasteiger partial charge on any atom is -0.464 e. The Hall–Kier alpha value is -2.74. The number of nitrogens with one attached hydrogen (secondary N) is 2. The van der Waals surface area contributed by atoms with E-state index >= 15 is 0 Å². The smallest absolute Gasteiger partial charge is 0.418 e. The monoisotopic (exact) mass is 415 g/mol. The van der Waals surface area contributed by atoms with E-state index in [1.165, 1.54) is 19.3 Å². The van der Waals surface area contributed by atoms with Crippen molar-refractivity contribution in [3.8, 4) is 11.3 Å². The number of benzene rings is 1. The van der Waals surface area contributed by atoms with Crippen LogP contribution in [0.25, 0.3) is 22.2 Å². The van der Waals surface area contributed by atoms with Gasteiger partial charge < -0.3 is 14.7 Å². The van der Waals surface area contributed by atoms with Gasteiger partial charge in [-0.05, 0) is 37.8 Å². The van der Waals surface area contributed by atoms with Gasteiger partial charge in [0.1, 0.15) is 4.90 Å². The lowest BCUT2D eigenvalue weighted by Crippen LogP contribution is -2.29. The van der Waals surface area contributed by atoms with Crippen molar-refractivity contribution >= 4 is 27.0 Å². The number of fused-ring (bicyclic) bond motifs is 1. The predicted octanol–water partition coefficient (Wildman–Crippen LogP) is 4.48. The number of amides is 1. The summed E-state index contributed by atoms with van der Waals surface area (Å²) >= 11 is 0. The SMILES string of the molecule is Cc1c(S(=O)(=O)NC(=O)O)cc(-c2c[nH]c3ccccc23)n1CC1CCCCC1. The Labute approximate surface area is 169 Å². The largest absolute Gasteiger partial charge is 0.464 e. The molecule has 29 heavy (non-hydrogen) atoms. The summed E-state index contributed by atoms with van der Waals surface area (Å²) in [6, 6.07) is 9.47. The van der Waals surface area contributed by atoms with E-state index in [-0.39, 0.29) is 4.90 Å². The lowest BCUT2D eigenvalue weighted by Gasteiger charge is -2.24. The zero-order valence-corrected chi connectivity index (χ0v) is 17.1. The molecule has 8 heteroatoms. The third kappa shape index (κ3) is 3.76. The van der Waals surface area contributed by atoms with Crippen LogP contribution in [0.1, 0.15) is 37.8 Å². The summed E-state index contributed by atoms with van der Waals surface area (Å²) in [6.45, 7) is 2.47. The molecule has 0 saturated heterocycles. The second-order valence-electron chi connectivity index (χ2n) is 7.75. The molecule has 1 aliphatic carbocycles. The summed E-state index contributed by atoms with van der Waals surface area (Å²) < 4.78 is 29.0. The van der Waals surface area contributed by atoms with Crippen molar-refractivity contribution in [3.63, 3.8) is 0 Å². The standard InChI is InChI=1S/C21H25N3O4S/c1-14-20(29(27,28)23-21(25)26)11-19(24(14)13-15-7-3-2-4-8-15)17-12-22-18-10-6-5-9-16(17)18/h5-6,9-12,15,22-23H,2-4,7-8,13H2,1H3,(H,25,26). The molecule has 4 rings (SSSR count). The van der Waals surface area contributed by atoms with Crippen molar-refractivity contribution in [2.75, 3.05) is 0 Å². The van der Waals surface area contributed by atoms with Gasteiger partial charge in [0.2, 0.25) is 0 Å². The molecule has 0 aliphatic heterocycles. The number of H-pyrrole nitrogens is 1. The molecule has 7 nitrogen and oxygen atoms in total. The molecule has 1 saturated carbocycles. The number of hydrogen-bond acceptors (Lipinski definition) is 3. The van der Waals surface area contributed by atoms with Crippen molar-refractivity contribution in [2.45, 2.75) is 50.5 Å². The highest BCUT2D eigenvalue weighted by Gasteiger charge is 2.27. The molecule has 1 aliphatic rings. The fourth-order valence-corrected chi connectivity index (χ4v) is 5.54. The van der Waals surface area contributed by atoms with Crippen LogP contribution < -0.4 is 4.72 Å². The summed E-state index contributed by atoms with van der Waals surface area (Å²) in [5, 5.41) is 9.97. The maximum Gasteiger partial charge on any atom is 0.418 e. The van der Waals surface area contributed by atoms with Crippen molar-refractivity contribution < 1.29 is 18.3 Å². The van der Waals surface area contributed by atoms with Gasteiger partial charge in [-0.15, -0.1) is 0 Å². The minimum absolute atomic E-state index is 0.0102. The highest BCUT2D eigenvalue weighted by atomic mass is 32.2. The van der Waals surface area contributed by atoms with Crippen molar-refractivity contribution in [2.24, 2.45) is 5.92 Å². The van der Waals surface area contributed by atoms with Crippen LogP contribution in [-0.2, 0) is 16.6 Å². The van der Waals surface area contributed by atoms with Gasteiger partial charge >= 0.3 is 6.09 Å². The molecular formula is C21H25N3O4S. The Morgan fingerprint density at radius 2 is 1.97 bits per heavy atom. The van der Waals surface area contributed by atoms with Crippen LogP contribution in [0.5, 0.6) is 0 Å². The van der Waals surface area contributed by atoms with Crippen LogP contribution >= 0.6 is 0 Å². The van der Waals surface area contributed by atoms with E-state index in [9.17, 15) is 13.2 Å². The van der Waals surface area contributed by atoms with Crippen LogP contribution in [0.15, 0.2) is 41.4 Å². The number of carbonyl (C=O) groups is 1. The van der Waals surface area contributed by atoms with Gasteiger partial charge in [0.15, 0.2) is 0 Å². The van der Waals surface area contributed by atoms with E-state index < -0.39 is 16.1 Å². The second kappa shape index (κ2) is 7.59. The van der Waals surface area contributed by atoms with E-state index in [1.54, 1.807) is 17.7 Å². The van der Waals surface area contributed by atoms with E-state index in [0.717, 1.165) is 41.5 Å². The van der Waals surface area contributed by atoms with Gasteiger partial charge in [0, 0.05) is 34.9 Å². The molecular weight excluding hydrogens is 390 g/mol. The zero-order valence-electron chi connectivity index (χ0n) is 16.3. The van der Waals surface area contributed by atoms with Gasteiger partial charge in [0.25, 0.3) is 10.0 Å². The number of aromatic nitrogens is 2. The minimum atomic E-state index is -4.16. The summed E-state index contributed by atoms with van der Waals surface area (Å²) in [5.74, 6) is 0.488. The second-order valence-corrected chi connectivity index (χ2v) is 9.40. The molecule has 3 aromatic rings. The molecule has 1 aromatic carbocycles. The van der Waals surface area contributed by atoms with Crippen LogP contribution in [0, 0.1) is 12.8 Å². The summed E-state index contributed by atoms with van der Waals surface area (Å²) in [4.78, 5) is 14.3. The molecule has 0 atom stereocenters. The maximum absolute atomic E-state index is 12.6. The molecule has 0 unspecified atom stereocenters. The van der Waals surface area contributed by atoms with Crippen molar-refractivity contribution in [1.29, 1.82) is 0 Å². The van der Waals surface area contributed by atoms with Gasteiger partial charge in [-0.25, -0.2) is 17.9 Å². The van der Waals surface area contributed by atoms with Crippen molar-refractivity contribution in [1.82, 2.24) is 14.3 Å². The fraction of sp³-hybridized carbons (Fsp3) is 0.381. The molecule has 0 bridgehead atoms. The average Bonchev–Trinajstić information content (AvgIpc) is 3.24. The number of carboxylic acid groups (broad SMARTS) is 1. The molecule has 1 amide bonds.